The smallest absolute Gasteiger partial charge is 0.328 e. The van der Waals surface area contributed by atoms with Gasteiger partial charge in [0.25, 0.3) is 0 Å². The first-order chi connectivity index (χ1) is 17.4. The van der Waals surface area contributed by atoms with Crippen LogP contribution in [0.2, 0.25) is 0 Å². The van der Waals surface area contributed by atoms with Crippen LogP contribution in [0.4, 0.5) is 0 Å². The number of aliphatic hydroxyl groups excluding tert-OH is 1. The number of aromatic nitrogens is 6. The van der Waals surface area contributed by atoms with Crippen molar-refractivity contribution in [1.82, 2.24) is 29.1 Å². The molecule has 0 fully saturated rings. The number of carbonyl (C=O) groups excluding carboxylic acids is 1. The predicted octanol–water partition coefficient (Wildman–Crippen LogP) is 1.87. The number of nitriles is 1. The van der Waals surface area contributed by atoms with Gasteiger partial charge in [-0.1, -0.05) is 24.3 Å². The number of imidazole rings is 2. The zero-order valence-electron chi connectivity index (χ0n) is 19.1. The summed E-state index contributed by atoms with van der Waals surface area (Å²) < 4.78 is 2.78. The van der Waals surface area contributed by atoms with Crippen LogP contribution in [-0.2, 0) is 17.8 Å². The maximum atomic E-state index is 11.9. The number of hydrogen-bond acceptors (Lipinski definition) is 7. The largest absolute Gasteiger partial charge is 0.388 e. The molecule has 1 atom stereocenters. The van der Waals surface area contributed by atoms with Crippen molar-refractivity contribution in [1.29, 1.82) is 5.26 Å². The van der Waals surface area contributed by atoms with Crippen molar-refractivity contribution in [3.05, 3.63) is 82.2 Å². The molecule has 0 saturated carbocycles. The summed E-state index contributed by atoms with van der Waals surface area (Å²) in [6.07, 6.45) is 5.94. The van der Waals surface area contributed by atoms with Gasteiger partial charge < -0.3 is 10.8 Å². The van der Waals surface area contributed by atoms with Crippen molar-refractivity contribution < 1.29 is 9.90 Å². The number of amides is 1. The first kappa shape index (κ1) is 22.9. The van der Waals surface area contributed by atoms with Gasteiger partial charge in [0.05, 0.1) is 35.0 Å². The molecule has 3 aromatic heterocycles. The molecule has 2 aromatic carbocycles. The Labute approximate surface area is 204 Å². The minimum atomic E-state index is -0.642. The molecule has 4 N–H and O–H groups in total. The van der Waals surface area contributed by atoms with E-state index in [4.69, 9.17) is 11.0 Å². The van der Waals surface area contributed by atoms with Crippen LogP contribution < -0.4 is 11.4 Å². The second-order valence-corrected chi connectivity index (χ2v) is 8.42. The molecule has 0 unspecified atom stereocenters. The second kappa shape index (κ2) is 9.44. The van der Waals surface area contributed by atoms with E-state index >= 15 is 0 Å². The SMILES string of the molecule is N#Cc1ccc2ncn(-c3ncc4c(n3)[nH]c(=O)n4CC(N)=O)c2c1.O[C@@H]1CCCc2ccccc21. The Bertz CT molecular complexity index is 1690. The van der Waals surface area contributed by atoms with Crippen molar-refractivity contribution in [2.45, 2.75) is 31.9 Å². The molecular weight excluding hydrogens is 460 g/mol. The van der Waals surface area contributed by atoms with Crippen molar-refractivity contribution in [2.75, 3.05) is 0 Å². The van der Waals surface area contributed by atoms with Crippen molar-refractivity contribution in [3.8, 4) is 12.0 Å². The minimum Gasteiger partial charge on any atom is -0.388 e. The van der Waals surface area contributed by atoms with Crippen LogP contribution in [0.1, 0.15) is 35.6 Å². The van der Waals surface area contributed by atoms with Crippen LogP contribution in [-0.4, -0.2) is 40.1 Å². The predicted molar refractivity (Wildman–Crippen MR) is 131 cm³/mol. The van der Waals surface area contributed by atoms with Gasteiger partial charge in [-0.2, -0.15) is 10.2 Å². The number of carbonyl (C=O) groups is 1. The van der Waals surface area contributed by atoms with Gasteiger partial charge in [0, 0.05) is 0 Å². The molecule has 5 aromatic rings. The van der Waals surface area contributed by atoms with E-state index < -0.39 is 11.6 Å². The van der Waals surface area contributed by atoms with Gasteiger partial charge in [-0.3, -0.25) is 18.9 Å². The normalized spacial score (nSPS) is 14.6. The van der Waals surface area contributed by atoms with E-state index in [9.17, 15) is 14.7 Å². The monoisotopic (exact) mass is 482 g/mol. The maximum Gasteiger partial charge on any atom is 0.328 e. The molecule has 0 saturated heterocycles. The van der Waals surface area contributed by atoms with Gasteiger partial charge in [-0.25, -0.2) is 14.8 Å². The Morgan fingerprint density at radius 2 is 2.06 bits per heavy atom. The summed E-state index contributed by atoms with van der Waals surface area (Å²) in [5, 5.41) is 18.6. The number of rotatable bonds is 3. The highest BCUT2D eigenvalue weighted by Crippen LogP contribution is 2.28. The lowest BCUT2D eigenvalue weighted by Crippen LogP contribution is -2.26. The summed E-state index contributed by atoms with van der Waals surface area (Å²) in [5.41, 5.74) is 9.59. The molecule has 11 nitrogen and oxygen atoms in total. The number of hydrogen-bond donors (Lipinski definition) is 3. The number of nitrogens with one attached hydrogen (secondary N) is 1. The van der Waals surface area contributed by atoms with E-state index in [1.54, 1.807) is 22.8 Å². The average molecular weight is 483 g/mol. The lowest BCUT2D eigenvalue weighted by atomic mass is 9.90. The fourth-order valence-electron chi connectivity index (χ4n) is 4.33. The number of primary amides is 1. The van der Waals surface area contributed by atoms with Gasteiger partial charge in [-0.15, -0.1) is 0 Å². The fourth-order valence-corrected chi connectivity index (χ4v) is 4.33. The topological polar surface area (TPSA) is 168 Å². The number of H-pyrrole nitrogens is 1. The van der Waals surface area contributed by atoms with E-state index in [2.05, 4.69) is 32.1 Å². The van der Waals surface area contributed by atoms with E-state index in [-0.39, 0.29) is 24.2 Å². The van der Waals surface area contributed by atoms with Crippen LogP contribution in [0.15, 0.2) is 59.8 Å². The Kier molecular flexibility index (Phi) is 6.02. The van der Waals surface area contributed by atoms with E-state index in [1.807, 2.05) is 18.2 Å². The fraction of sp³-hybridized carbons (Fsp3) is 0.200. The van der Waals surface area contributed by atoms with Crippen LogP contribution in [0.25, 0.3) is 28.1 Å². The maximum absolute atomic E-state index is 11.9. The molecule has 0 aliphatic heterocycles. The number of benzene rings is 2. The molecule has 0 bridgehead atoms. The van der Waals surface area contributed by atoms with Crippen molar-refractivity contribution >= 4 is 28.1 Å². The summed E-state index contributed by atoms with van der Waals surface area (Å²) in [5.74, 6) is -0.366. The zero-order valence-corrected chi connectivity index (χ0v) is 19.1. The number of nitrogens with two attached hydrogens (primary N) is 1. The zero-order chi connectivity index (χ0) is 25.2. The average Bonchev–Trinajstić information content (AvgIpc) is 3.44. The van der Waals surface area contributed by atoms with Crippen LogP contribution in [0, 0.1) is 11.3 Å². The first-order valence-electron chi connectivity index (χ1n) is 11.3. The first-order valence-corrected chi connectivity index (χ1v) is 11.3. The lowest BCUT2D eigenvalue weighted by Gasteiger charge is -2.20. The molecule has 36 heavy (non-hydrogen) atoms. The van der Waals surface area contributed by atoms with Gasteiger partial charge in [-0.05, 0) is 48.6 Å². The molecule has 0 radical (unpaired) electrons. The lowest BCUT2D eigenvalue weighted by molar-refractivity contribution is -0.118. The second-order valence-electron chi connectivity index (χ2n) is 8.42. The van der Waals surface area contributed by atoms with Crippen molar-refractivity contribution in [3.63, 3.8) is 0 Å². The van der Waals surface area contributed by atoms with Gasteiger partial charge >= 0.3 is 5.69 Å². The molecule has 0 spiro atoms. The molecule has 180 valence electrons. The Hall–Kier alpha value is -4.82. The number of nitrogens with zero attached hydrogens (tertiary/aromatic N) is 6. The third kappa shape index (κ3) is 4.33. The molecule has 6 rings (SSSR count). The number of aliphatic hydroxyl groups is 1. The molecular formula is C25H22N8O3. The van der Waals surface area contributed by atoms with Crippen LogP contribution in [0.3, 0.4) is 0 Å². The quantitative estimate of drug-likeness (QED) is 0.352. The summed E-state index contributed by atoms with van der Waals surface area (Å²) in [4.78, 5) is 38.4. The van der Waals surface area contributed by atoms with Crippen LogP contribution in [0.5, 0.6) is 0 Å². The third-order valence-electron chi connectivity index (χ3n) is 6.06. The molecule has 3 heterocycles. The standard InChI is InChI=1S/C15H10N8O2.C10H12O/c16-4-8-1-2-9-10(3-8)23(7-19-9)14-18-5-11-13(20-14)21-15(25)22(11)6-12(17)24;11-10-7-3-5-8-4-1-2-6-9(8)10/h1-3,5,7H,6H2,(H2,17,24)(H,18,20,21,25);1-2,4,6,10-11H,3,5,7H2/t;10-/m.1/s1. The summed E-state index contributed by atoms with van der Waals surface area (Å²) in [6.45, 7) is -0.263. The highest BCUT2D eigenvalue weighted by Gasteiger charge is 2.16. The Morgan fingerprint density at radius 1 is 1.22 bits per heavy atom. The number of aromatic amines is 1. The van der Waals surface area contributed by atoms with Gasteiger partial charge in [0.2, 0.25) is 11.9 Å². The highest BCUT2D eigenvalue weighted by atomic mass is 16.3. The number of aryl methyl sites for hydroxylation is 1. The van der Waals surface area contributed by atoms with Gasteiger partial charge in [0.15, 0.2) is 5.65 Å². The van der Waals surface area contributed by atoms with Gasteiger partial charge in [0.1, 0.15) is 18.4 Å². The highest BCUT2D eigenvalue weighted by molar-refractivity contribution is 5.80. The molecule has 1 aliphatic rings. The summed E-state index contributed by atoms with van der Waals surface area (Å²) in [7, 11) is 0. The van der Waals surface area contributed by atoms with E-state index in [0.717, 1.165) is 24.8 Å². The van der Waals surface area contributed by atoms with Crippen molar-refractivity contribution in [2.24, 2.45) is 5.73 Å². The van der Waals surface area contributed by atoms with Crippen LogP contribution >= 0.6 is 0 Å². The summed E-state index contributed by atoms with van der Waals surface area (Å²) >= 11 is 0. The number of fused-ring (bicyclic) bond motifs is 3. The molecule has 1 amide bonds. The Morgan fingerprint density at radius 3 is 2.83 bits per heavy atom. The third-order valence-corrected chi connectivity index (χ3v) is 6.06. The molecule has 1 aliphatic carbocycles. The van der Waals surface area contributed by atoms with E-state index in [0.29, 0.717) is 22.1 Å². The Balaban J connectivity index is 0.000000202. The summed E-state index contributed by atoms with van der Waals surface area (Å²) in [6, 6.07) is 15.3. The van der Waals surface area contributed by atoms with E-state index in [1.165, 1.54) is 22.7 Å². The molecule has 11 heteroatoms. The minimum absolute atomic E-state index is 0.208.